The van der Waals surface area contributed by atoms with Crippen LogP contribution in [0.4, 0.5) is 0 Å². The van der Waals surface area contributed by atoms with Gasteiger partial charge in [0, 0.05) is 11.3 Å². The van der Waals surface area contributed by atoms with Gasteiger partial charge in [0.2, 0.25) is 0 Å². The van der Waals surface area contributed by atoms with E-state index in [0.29, 0.717) is 22.7 Å². The average molecular weight is 409 g/mol. The molecule has 30 heavy (non-hydrogen) atoms. The van der Waals surface area contributed by atoms with E-state index in [2.05, 4.69) is 52.5 Å². The summed E-state index contributed by atoms with van der Waals surface area (Å²) in [7, 11) is 0. The zero-order valence-corrected chi connectivity index (χ0v) is 20.4. The molecule has 1 nitrogen and oxygen atoms in total. The lowest BCUT2D eigenvalue weighted by atomic mass is 9.48. The first-order valence-corrected chi connectivity index (χ1v) is 12.7. The zero-order chi connectivity index (χ0) is 21.7. The van der Waals surface area contributed by atoms with E-state index < -0.39 is 0 Å². The summed E-state index contributed by atoms with van der Waals surface area (Å²) in [5, 5.41) is 9.42. The molecule has 0 saturated heterocycles. The molecular formula is C29H44O. The van der Waals surface area contributed by atoms with Crippen LogP contribution >= 0.6 is 0 Å². The molecule has 1 N–H and O–H groups in total. The van der Waals surface area contributed by atoms with Crippen molar-refractivity contribution >= 4 is 0 Å². The first kappa shape index (κ1) is 22.0. The van der Waals surface area contributed by atoms with Crippen molar-refractivity contribution in [2.45, 2.75) is 99.3 Å². The van der Waals surface area contributed by atoms with Gasteiger partial charge in [-0.25, -0.2) is 0 Å². The molecule has 0 spiro atoms. The van der Waals surface area contributed by atoms with Crippen LogP contribution in [0.1, 0.15) is 99.3 Å². The Kier molecular flexibility index (Phi) is 5.70. The van der Waals surface area contributed by atoms with Crippen LogP contribution in [-0.4, -0.2) is 5.11 Å². The second-order valence-electron chi connectivity index (χ2n) is 12.2. The fourth-order valence-corrected chi connectivity index (χ4v) is 8.06. The van der Waals surface area contributed by atoms with Crippen molar-refractivity contribution < 1.29 is 5.11 Å². The predicted octanol–water partition coefficient (Wildman–Crippen LogP) is 8.08. The maximum Gasteiger partial charge on any atom is 0.0795 e. The van der Waals surface area contributed by atoms with Crippen LogP contribution in [0.5, 0.6) is 0 Å². The van der Waals surface area contributed by atoms with Gasteiger partial charge in [0.15, 0.2) is 0 Å². The summed E-state index contributed by atoms with van der Waals surface area (Å²) in [6.45, 7) is 13.8. The van der Waals surface area contributed by atoms with Crippen molar-refractivity contribution in [3.05, 3.63) is 23.5 Å². The third-order valence-corrected chi connectivity index (χ3v) is 10.5. The second kappa shape index (κ2) is 7.76. The lowest BCUT2D eigenvalue weighted by Gasteiger charge is -2.57. The van der Waals surface area contributed by atoms with Gasteiger partial charge in [-0.15, -0.1) is 0 Å². The third-order valence-electron chi connectivity index (χ3n) is 10.5. The van der Waals surface area contributed by atoms with Gasteiger partial charge in [-0.05, 0) is 106 Å². The number of rotatable bonds is 2. The van der Waals surface area contributed by atoms with E-state index in [0.717, 1.165) is 23.3 Å². The summed E-state index contributed by atoms with van der Waals surface area (Å²) < 4.78 is 0. The first-order valence-electron chi connectivity index (χ1n) is 12.7. The van der Waals surface area contributed by atoms with Gasteiger partial charge >= 0.3 is 0 Å². The van der Waals surface area contributed by atoms with Crippen LogP contribution < -0.4 is 0 Å². The van der Waals surface area contributed by atoms with Gasteiger partial charge in [-0.1, -0.05) is 57.1 Å². The topological polar surface area (TPSA) is 20.2 Å². The lowest BCUT2D eigenvalue weighted by Crippen LogP contribution is -2.48. The van der Waals surface area contributed by atoms with Crippen molar-refractivity contribution in [2.75, 3.05) is 0 Å². The van der Waals surface area contributed by atoms with Crippen molar-refractivity contribution in [1.82, 2.24) is 0 Å². The summed E-state index contributed by atoms with van der Waals surface area (Å²) in [6.07, 6.45) is 16.6. The summed E-state index contributed by atoms with van der Waals surface area (Å²) in [6, 6.07) is 0. The highest BCUT2D eigenvalue weighted by Crippen LogP contribution is 2.66. The Hall–Kier alpha value is -1.16. The molecule has 7 atom stereocenters. The number of hydrogen-bond acceptors (Lipinski definition) is 1. The molecule has 0 radical (unpaired) electrons. The van der Waals surface area contributed by atoms with E-state index in [1.54, 1.807) is 0 Å². The minimum absolute atomic E-state index is 0.254. The van der Waals surface area contributed by atoms with E-state index in [1.165, 1.54) is 64.0 Å². The maximum atomic E-state index is 9.42. The molecule has 0 aromatic rings. The molecule has 166 valence electrons. The fraction of sp³-hybridized carbons (Fsp3) is 0.793. The molecule has 3 fully saturated rings. The molecular weight excluding hydrogens is 364 g/mol. The highest BCUT2D eigenvalue weighted by Gasteiger charge is 2.57. The SMILES string of the molecule is CC(=CO)C(C)(C)C#C[C@@H](C)[C@H]1CC[C@H]2C3=CCC4CCCC[C@]4(C)[C@H]3CC[C@]12C. The maximum absolute atomic E-state index is 9.42. The zero-order valence-electron chi connectivity index (χ0n) is 20.4. The standard InChI is InChI=1S/C29H44O/c1-20(14-17-27(3,4)21(2)19-30)24-12-13-25-23-11-10-22-9-7-8-16-28(22,5)26(23)15-18-29(24,25)6/h11,19-20,22,24-26,30H,7-10,12-13,15-16,18H2,1-6H3/t20-,22?,24-,25+,26+,28+,29-/m1/s1. The molecule has 4 rings (SSSR count). The smallest absolute Gasteiger partial charge is 0.0795 e. The van der Waals surface area contributed by atoms with Crippen molar-refractivity contribution in [2.24, 2.45) is 45.8 Å². The van der Waals surface area contributed by atoms with Gasteiger partial charge in [0.05, 0.1) is 6.26 Å². The van der Waals surface area contributed by atoms with E-state index in [4.69, 9.17) is 0 Å². The Bertz CT molecular complexity index is 789. The number of allylic oxidation sites excluding steroid dienone is 3. The quantitative estimate of drug-likeness (QED) is 0.278. The van der Waals surface area contributed by atoms with Crippen LogP contribution in [-0.2, 0) is 0 Å². The molecule has 4 aliphatic rings. The van der Waals surface area contributed by atoms with Crippen molar-refractivity contribution in [3.8, 4) is 11.8 Å². The number of fused-ring (bicyclic) bond motifs is 5. The summed E-state index contributed by atoms with van der Waals surface area (Å²) in [5.74, 6) is 10.8. The van der Waals surface area contributed by atoms with E-state index in [1.807, 2.05) is 12.5 Å². The Morgan fingerprint density at radius 2 is 1.83 bits per heavy atom. The lowest BCUT2D eigenvalue weighted by molar-refractivity contribution is -0.00437. The molecule has 0 aromatic heterocycles. The molecule has 1 unspecified atom stereocenters. The molecule has 0 heterocycles. The number of aliphatic hydroxyl groups excluding tert-OH is 1. The van der Waals surface area contributed by atoms with Crippen LogP contribution in [0.2, 0.25) is 0 Å². The number of hydrogen-bond donors (Lipinski definition) is 1. The minimum atomic E-state index is -0.254. The molecule has 4 aliphatic carbocycles. The van der Waals surface area contributed by atoms with Gasteiger partial charge in [-0.2, -0.15) is 0 Å². The molecule has 0 amide bonds. The van der Waals surface area contributed by atoms with Crippen LogP contribution in [0, 0.1) is 57.7 Å². The molecule has 3 saturated carbocycles. The molecule has 0 aromatic carbocycles. The summed E-state index contributed by atoms with van der Waals surface area (Å²) in [4.78, 5) is 0. The predicted molar refractivity (Wildman–Crippen MR) is 127 cm³/mol. The highest BCUT2D eigenvalue weighted by atomic mass is 16.2. The molecule has 1 heteroatoms. The largest absolute Gasteiger partial charge is 0.516 e. The third kappa shape index (κ3) is 3.38. The van der Waals surface area contributed by atoms with E-state index >= 15 is 0 Å². The Labute approximate surface area is 185 Å². The molecule has 0 bridgehead atoms. The van der Waals surface area contributed by atoms with Crippen LogP contribution in [0.25, 0.3) is 0 Å². The fourth-order valence-electron chi connectivity index (χ4n) is 8.06. The van der Waals surface area contributed by atoms with Crippen LogP contribution in [0.3, 0.4) is 0 Å². The van der Waals surface area contributed by atoms with Gasteiger partial charge in [0.1, 0.15) is 0 Å². The Morgan fingerprint density at radius 3 is 2.57 bits per heavy atom. The number of aliphatic hydroxyl groups is 1. The second-order valence-corrected chi connectivity index (χ2v) is 12.2. The van der Waals surface area contributed by atoms with Gasteiger partial charge < -0.3 is 5.11 Å². The monoisotopic (exact) mass is 408 g/mol. The summed E-state index contributed by atoms with van der Waals surface area (Å²) >= 11 is 0. The average Bonchev–Trinajstić information content (AvgIpc) is 3.08. The van der Waals surface area contributed by atoms with E-state index in [9.17, 15) is 5.11 Å². The minimum Gasteiger partial charge on any atom is -0.516 e. The Morgan fingerprint density at radius 1 is 1.10 bits per heavy atom. The summed E-state index contributed by atoms with van der Waals surface area (Å²) in [5.41, 5.74) is 3.55. The van der Waals surface area contributed by atoms with E-state index in [-0.39, 0.29) is 5.41 Å². The van der Waals surface area contributed by atoms with Gasteiger partial charge in [0.25, 0.3) is 0 Å². The molecule has 0 aliphatic heterocycles. The van der Waals surface area contributed by atoms with Gasteiger partial charge in [-0.3, -0.25) is 0 Å². The highest BCUT2D eigenvalue weighted by molar-refractivity contribution is 5.29. The van der Waals surface area contributed by atoms with Crippen molar-refractivity contribution in [1.29, 1.82) is 0 Å². The van der Waals surface area contributed by atoms with Crippen LogP contribution in [0.15, 0.2) is 23.5 Å². The Balaban J connectivity index is 1.57. The first-order chi connectivity index (χ1) is 14.1. The van der Waals surface area contributed by atoms with Crippen molar-refractivity contribution in [3.63, 3.8) is 0 Å². The normalized spacial score (nSPS) is 42.2.